The summed E-state index contributed by atoms with van der Waals surface area (Å²) in [5, 5.41) is 0. The SMILES string of the molecule is Nc1nc2ccc(C(=O)c3cccnc3)cn2c1-c1ccccc1. The number of fused-ring (bicyclic) bond motifs is 1. The van der Waals surface area contributed by atoms with Crippen LogP contribution in [0.3, 0.4) is 0 Å². The van der Waals surface area contributed by atoms with E-state index in [1.54, 1.807) is 42.9 Å². The fourth-order valence-electron chi connectivity index (χ4n) is 2.74. The Morgan fingerprint density at radius 2 is 1.79 bits per heavy atom. The number of hydrogen-bond donors (Lipinski definition) is 1. The van der Waals surface area contributed by atoms with Gasteiger partial charge in [0.05, 0.1) is 5.69 Å². The van der Waals surface area contributed by atoms with Crippen molar-refractivity contribution < 1.29 is 4.79 Å². The topological polar surface area (TPSA) is 73.3 Å². The summed E-state index contributed by atoms with van der Waals surface area (Å²) >= 11 is 0. The van der Waals surface area contributed by atoms with E-state index in [0.717, 1.165) is 11.3 Å². The molecule has 0 saturated heterocycles. The smallest absolute Gasteiger partial charge is 0.196 e. The molecule has 24 heavy (non-hydrogen) atoms. The van der Waals surface area contributed by atoms with E-state index >= 15 is 0 Å². The molecule has 4 rings (SSSR count). The number of carbonyl (C=O) groups is 1. The van der Waals surface area contributed by atoms with Crippen molar-refractivity contribution in [3.05, 3.63) is 84.3 Å². The molecule has 0 aliphatic rings. The molecule has 0 radical (unpaired) electrons. The molecule has 0 fully saturated rings. The van der Waals surface area contributed by atoms with E-state index < -0.39 is 0 Å². The molecule has 3 aromatic heterocycles. The fourth-order valence-corrected chi connectivity index (χ4v) is 2.74. The second-order valence-corrected chi connectivity index (χ2v) is 5.43. The van der Waals surface area contributed by atoms with Crippen LogP contribution in [0.1, 0.15) is 15.9 Å². The number of imidazole rings is 1. The summed E-state index contributed by atoms with van der Waals surface area (Å²) < 4.78 is 1.86. The van der Waals surface area contributed by atoms with Gasteiger partial charge in [0.15, 0.2) is 11.6 Å². The van der Waals surface area contributed by atoms with Gasteiger partial charge in [-0.3, -0.25) is 14.2 Å². The Morgan fingerprint density at radius 3 is 2.54 bits per heavy atom. The largest absolute Gasteiger partial charge is 0.382 e. The minimum absolute atomic E-state index is 0.0868. The lowest BCUT2D eigenvalue weighted by Crippen LogP contribution is -2.03. The number of anilines is 1. The quantitative estimate of drug-likeness (QED) is 0.589. The van der Waals surface area contributed by atoms with Gasteiger partial charge in [0.1, 0.15) is 5.65 Å². The number of ketones is 1. The van der Waals surface area contributed by atoms with Gasteiger partial charge in [-0.1, -0.05) is 30.3 Å². The van der Waals surface area contributed by atoms with Crippen LogP contribution in [0.4, 0.5) is 5.82 Å². The molecule has 3 heterocycles. The van der Waals surface area contributed by atoms with E-state index in [1.807, 2.05) is 34.7 Å². The van der Waals surface area contributed by atoms with Crippen LogP contribution in [0, 0.1) is 0 Å². The highest BCUT2D eigenvalue weighted by Gasteiger charge is 2.15. The molecule has 1 aromatic carbocycles. The molecular weight excluding hydrogens is 300 g/mol. The first-order chi connectivity index (χ1) is 11.7. The fraction of sp³-hybridized carbons (Fsp3) is 0. The summed E-state index contributed by atoms with van der Waals surface area (Å²) in [5.41, 5.74) is 9.64. The number of hydrogen-bond acceptors (Lipinski definition) is 4. The third kappa shape index (κ3) is 2.32. The Bertz CT molecular complexity index is 1020. The second-order valence-electron chi connectivity index (χ2n) is 5.43. The zero-order valence-corrected chi connectivity index (χ0v) is 12.8. The van der Waals surface area contributed by atoms with Gasteiger partial charge in [0, 0.05) is 35.3 Å². The van der Waals surface area contributed by atoms with Crippen LogP contribution in [0.5, 0.6) is 0 Å². The molecule has 0 spiro atoms. The molecule has 4 aromatic rings. The van der Waals surface area contributed by atoms with Crippen molar-refractivity contribution in [2.45, 2.75) is 0 Å². The van der Waals surface area contributed by atoms with Crippen LogP contribution in [-0.4, -0.2) is 20.2 Å². The molecule has 0 bridgehead atoms. The molecule has 0 amide bonds. The van der Waals surface area contributed by atoms with Crippen LogP contribution >= 0.6 is 0 Å². The average molecular weight is 314 g/mol. The number of aromatic nitrogens is 3. The Morgan fingerprint density at radius 1 is 0.958 bits per heavy atom. The summed E-state index contributed by atoms with van der Waals surface area (Å²) in [6.07, 6.45) is 4.98. The minimum atomic E-state index is -0.0868. The maximum Gasteiger partial charge on any atom is 0.196 e. The van der Waals surface area contributed by atoms with Gasteiger partial charge in [-0.15, -0.1) is 0 Å². The normalized spacial score (nSPS) is 10.8. The first kappa shape index (κ1) is 14.1. The molecule has 0 aliphatic heterocycles. The van der Waals surface area contributed by atoms with Crippen molar-refractivity contribution in [3.8, 4) is 11.3 Å². The predicted molar refractivity (Wildman–Crippen MR) is 92.7 cm³/mol. The standard InChI is InChI=1S/C19H14N4O/c20-19-17(13-5-2-1-3-6-13)23-12-15(8-9-16(23)22-19)18(24)14-7-4-10-21-11-14/h1-12H,20H2. The number of nitrogen functional groups attached to an aromatic ring is 1. The van der Waals surface area contributed by atoms with Crippen LogP contribution < -0.4 is 5.73 Å². The zero-order chi connectivity index (χ0) is 16.5. The lowest BCUT2D eigenvalue weighted by atomic mass is 10.1. The molecule has 0 atom stereocenters. The summed E-state index contributed by atoms with van der Waals surface area (Å²) in [6.45, 7) is 0. The molecule has 0 unspecified atom stereocenters. The number of carbonyl (C=O) groups excluding carboxylic acids is 1. The van der Waals surface area contributed by atoms with E-state index in [2.05, 4.69) is 9.97 Å². The molecule has 5 heteroatoms. The summed E-state index contributed by atoms with van der Waals surface area (Å²) in [5.74, 6) is 0.350. The van der Waals surface area contributed by atoms with Crippen LogP contribution in [0.25, 0.3) is 16.9 Å². The van der Waals surface area contributed by atoms with Gasteiger partial charge in [0.2, 0.25) is 0 Å². The van der Waals surface area contributed by atoms with Gasteiger partial charge in [-0.05, 0) is 24.3 Å². The van der Waals surface area contributed by atoms with Crippen LogP contribution in [0.2, 0.25) is 0 Å². The van der Waals surface area contributed by atoms with Gasteiger partial charge in [-0.2, -0.15) is 0 Å². The number of pyridine rings is 2. The van der Waals surface area contributed by atoms with Crippen molar-refractivity contribution in [1.82, 2.24) is 14.4 Å². The average Bonchev–Trinajstić information content (AvgIpc) is 2.97. The maximum atomic E-state index is 12.6. The third-order valence-corrected chi connectivity index (χ3v) is 3.88. The van der Waals surface area contributed by atoms with Crippen molar-refractivity contribution in [3.63, 3.8) is 0 Å². The lowest BCUT2D eigenvalue weighted by molar-refractivity contribution is 0.103. The Balaban J connectivity index is 1.88. The van der Waals surface area contributed by atoms with Crippen molar-refractivity contribution in [2.75, 3.05) is 5.73 Å². The van der Waals surface area contributed by atoms with Gasteiger partial charge < -0.3 is 5.73 Å². The minimum Gasteiger partial charge on any atom is -0.382 e. The first-order valence-corrected chi connectivity index (χ1v) is 7.52. The molecule has 0 aliphatic carbocycles. The molecular formula is C19H14N4O. The van der Waals surface area contributed by atoms with E-state index in [4.69, 9.17) is 5.73 Å². The third-order valence-electron chi connectivity index (χ3n) is 3.88. The second kappa shape index (κ2) is 5.62. The monoisotopic (exact) mass is 314 g/mol. The Hall–Kier alpha value is -3.47. The highest BCUT2D eigenvalue weighted by Crippen LogP contribution is 2.27. The van der Waals surface area contributed by atoms with Crippen molar-refractivity contribution >= 4 is 17.2 Å². The summed E-state index contributed by atoms with van der Waals surface area (Å²) in [4.78, 5) is 21.0. The van der Waals surface area contributed by atoms with E-state index in [1.165, 1.54) is 0 Å². The van der Waals surface area contributed by atoms with Gasteiger partial charge in [0.25, 0.3) is 0 Å². The highest BCUT2D eigenvalue weighted by atomic mass is 16.1. The summed E-state index contributed by atoms with van der Waals surface area (Å²) in [7, 11) is 0. The zero-order valence-electron chi connectivity index (χ0n) is 12.8. The molecule has 5 nitrogen and oxygen atoms in total. The highest BCUT2D eigenvalue weighted by molar-refractivity contribution is 6.08. The van der Waals surface area contributed by atoms with E-state index in [-0.39, 0.29) is 5.78 Å². The van der Waals surface area contributed by atoms with E-state index in [9.17, 15) is 4.79 Å². The Kier molecular flexibility index (Phi) is 3.31. The van der Waals surface area contributed by atoms with Crippen LogP contribution in [0.15, 0.2) is 73.2 Å². The molecule has 116 valence electrons. The predicted octanol–water partition coefficient (Wildman–Crippen LogP) is 3.21. The maximum absolute atomic E-state index is 12.6. The molecule has 0 saturated carbocycles. The van der Waals surface area contributed by atoms with E-state index in [0.29, 0.717) is 22.6 Å². The number of nitrogens with two attached hydrogens (primary N) is 1. The van der Waals surface area contributed by atoms with Crippen molar-refractivity contribution in [1.29, 1.82) is 0 Å². The number of benzene rings is 1. The Labute approximate surface area is 138 Å². The summed E-state index contributed by atoms with van der Waals surface area (Å²) in [6, 6.07) is 16.8. The lowest BCUT2D eigenvalue weighted by Gasteiger charge is -2.05. The van der Waals surface area contributed by atoms with Gasteiger partial charge in [-0.25, -0.2) is 4.98 Å². The first-order valence-electron chi connectivity index (χ1n) is 7.52. The van der Waals surface area contributed by atoms with Gasteiger partial charge >= 0.3 is 0 Å². The number of nitrogens with zero attached hydrogens (tertiary/aromatic N) is 3. The molecule has 2 N–H and O–H groups in total. The number of rotatable bonds is 3. The van der Waals surface area contributed by atoms with Crippen molar-refractivity contribution in [2.24, 2.45) is 0 Å². The van der Waals surface area contributed by atoms with Crippen LogP contribution in [-0.2, 0) is 0 Å².